The van der Waals surface area contributed by atoms with E-state index in [1.54, 1.807) is 12.1 Å². The lowest BCUT2D eigenvalue weighted by Crippen LogP contribution is -2.11. The number of ether oxygens (including phenoxy) is 1. The number of carbonyl (C=O) groups is 1. The Bertz CT molecular complexity index is 605. The largest absolute Gasteiger partial charge is 0.489 e. The molecular weight excluding hydrogens is 238 g/mol. The molecule has 0 aliphatic rings. The molecule has 0 heterocycles. The van der Waals surface area contributed by atoms with Gasteiger partial charge < -0.3 is 10.5 Å². The molecule has 3 heteroatoms. The molecule has 98 valence electrons. The fourth-order valence-corrected chi connectivity index (χ4v) is 1.88. The van der Waals surface area contributed by atoms with Crippen molar-refractivity contribution in [3.63, 3.8) is 0 Å². The summed E-state index contributed by atoms with van der Waals surface area (Å²) >= 11 is 0. The summed E-state index contributed by atoms with van der Waals surface area (Å²) in [5.74, 6) is 0.438. The summed E-state index contributed by atoms with van der Waals surface area (Å²) in [6, 6.07) is 13.3. The van der Waals surface area contributed by atoms with Crippen LogP contribution in [0.1, 0.15) is 27.0 Å². The number of amides is 1. The van der Waals surface area contributed by atoms with Crippen LogP contribution in [-0.4, -0.2) is 5.91 Å². The second-order valence-corrected chi connectivity index (χ2v) is 4.61. The molecule has 3 nitrogen and oxygen atoms in total. The van der Waals surface area contributed by atoms with Crippen LogP contribution >= 0.6 is 0 Å². The van der Waals surface area contributed by atoms with Crippen molar-refractivity contribution in [2.24, 2.45) is 5.73 Å². The summed E-state index contributed by atoms with van der Waals surface area (Å²) in [4.78, 5) is 11.1. The second kappa shape index (κ2) is 5.57. The van der Waals surface area contributed by atoms with Gasteiger partial charge in [-0.2, -0.15) is 0 Å². The molecule has 0 atom stereocenters. The predicted octanol–water partition coefficient (Wildman–Crippen LogP) is 2.98. The molecule has 2 rings (SSSR count). The number of carbonyl (C=O) groups excluding carboxylic acids is 1. The molecule has 19 heavy (non-hydrogen) atoms. The number of hydrogen-bond acceptors (Lipinski definition) is 2. The van der Waals surface area contributed by atoms with Gasteiger partial charge in [0.15, 0.2) is 0 Å². The summed E-state index contributed by atoms with van der Waals surface area (Å²) in [6.07, 6.45) is 0. The SMILES string of the molecule is Cc1cccc(OCc2ccc(C(N)=O)cc2C)c1. The van der Waals surface area contributed by atoms with E-state index in [-0.39, 0.29) is 0 Å². The minimum atomic E-state index is -0.408. The third-order valence-corrected chi connectivity index (χ3v) is 3.01. The Hall–Kier alpha value is -2.29. The molecule has 0 aliphatic carbocycles. The molecular formula is C16H17NO2. The molecule has 2 aromatic carbocycles. The minimum Gasteiger partial charge on any atom is -0.489 e. The monoisotopic (exact) mass is 255 g/mol. The van der Waals surface area contributed by atoms with Crippen LogP contribution < -0.4 is 10.5 Å². The van der Waals surface area contributed by atoms with Gasteiger partial charge in [-0.15, -0.1) is 0 Å². The fourth-order valence-electron chi connectivity index (χ4n) is 1.88. The maximum atomic E-state index is 11.1. The number of aryl methyl sites for hydroxylation is 2. The van der Waals surface area contributed by atoms with E-state index in [4.69, 9.17) is 10.5 Å². The van der Waals surface area contributed by atoms with Crippen LogP contribution in [0.4, 0.5) is 0 Å². The van der Waals surface area contributed by atoms with Gasteiger partial charge in [0.2, 0.25) is 5.91 Å². The minimum absolute atomic E-state index is 0.408. The third-order valence-electron chi connectivity index (χ3n) is 3.01. The normalized spacial score (nSPS) is 10.2. The van der Waals surface area contributed by atoms with Crippen molar-refractivity contribution in [2.75, 3.05) is 0 Å². The van der Waals surface area contributed by atoms with Gasteiger partial charge in [-0.1, -0.05) is 18.2 Å². The topological polar surface area (TPSA) is 52.3 Å². The second-order valence-electron chi connectivity index (χ2n) is 4.61. The first-order chi connectivity index (χ1) is 9.06. The number of benzene rings is 2. The highest BCUT2D eigenvalue weighted by Gasteiger charge is 2.05. The van der Waals surface area contributed by atoms with E-state index in [1.807, 2.05) is 44.2 Å². The molecule has 2 N–H and O–H groups in total. The highest BCUT2D eigenvalue weighted by molar-refractivity contribution is 5.93. The summed E-state index contributed by atoms with van der Waals surface area (Å²) in [5, 5.41) is 0. The Morgan fingerprint density at radius 2 is 1.95 bits per heavy atom. The molecule has 2 aromatic rings. The van der Waals surface area contributed by atoms with Gasteiger partial charge in [0.1, 0.15) is 12.4 Å². The molecule has 0 fully saturated rings. The number of primary amides is 1. The zero-order valence-electron chi connectivity index (χ0n) is 11.1. The summed E-state index contributed by atoms with van der Waals surface area (Å²) in [7, 11) is 0. The van der Waals surface area contributed by atoms with Crippen molar-refractivity contribution in [1.29, 1.82) is 0 Å². The van der Waals surface area contributed by atoms with Crippen molar-refractivity contribution in [2.45, 2.75) is 20.5 Å². The first kappa shape index (κ1) is 13.1. The van der Waals surface area contributed by atoms with Crippen molar-refractivity contribution >= 4 is 5.91 Å². The van der Waals surface area contributed by atoms with Crippen molar-refractivity contribution in [3.05, 3.63) is 64.7 Å². The zero-order valence-corrected chi connectivity index (χ0v) is 11.1. The number of rotatable bonds is 4. The van der Waals surface area contributed by atoms with E-state index in [9.17, 15) is 4.79 Å². The Morgan fingerprint density at radius 1 is 1.16 bits per heavy atom. The predicted molar refractivity (Wildman–Crippen MR) is 75.2 cm³/mol. The van der Waals surface area contributed by atoms with E-state index in [0.29, 0.717) is 12.2 Å². The lowest BCUT2D eigenvalue weighted by atomic mass is 10.1. The van der Waals surface area contributed by atoms with Gasteiger partial charge in [-0.25, -0.2) is 0 Å². The van der Waals surface area contributed by atoms with Crippen LogP contribution in [0.2, 0.25) is 0 Å². The van der Waals surface area contributed by atoms with Crippen molar-refractivity contribution < 1.29 is 9.53 Å². The Morgan fingerprint density at radius 3 is 2.58 bits per heavy atom. The third kappa shape index (κ3) is 3.35. The molecule has 0 saturated carbocycles. The summed E-state index contributed by atoms with van der Waals surface area (Å²) in [6.45, 7) is 4.45. The maximum Gasteiger partial charge on any atom is 0.248 e. The zero-order chi connectivity index (χ0) is 13.8. The van der Waals surface area contributed by atoms with Gasteiger partial charge in [0.25, 0.3) is 0 Å². The van der Waals surface area contributed by atoms with Crippen LogP contribution in [0, 0.1) is 13.8 Å². The van der Waals surface area contributed by atoms with Crippen LogP contribution in [-0.2, 0) is 6.61 Å². The molecule has 0 unspecified atom stereocenters. The fraction of sp³-hybridized carbons (Fsp3) is 0.188. The van der Waals surface area contributed by atoms with E-state index < -0.39 is 5.91 Å². The van der Waals surface area contributed by atoms with E-state index in [2.05, 4.69) is 0 Å². The quantitative estimate of drug-likeness (QED) is 0.913. The molecule has 0 bridgehead atoms. The van der Waals surface area contributed by atoms with Crippen LogP contribution in [0.25, 0.3) is 0 Å². The molecule has 0 radical (unpaired) electrons. The van der Waals surface area contributed by atoms with Gasteiger partial charge in [0, 0.05) is 5.56 Å². The van der Waals surface area contributed by atoms with Crippen LogP contribution in [0.3, 0.4) is 0 Å². The number of hydrogen-bond donors (Lipinski definition) is 1. The van der Waals surface area contributed by atoms with Gasteiger partial charge in [0.05, 0.1) is 0 Å². The first-order valence-corrected chi connectivity index (χ1v) is 6.15. The first-order valence-electron chi connectivity index (χ1n) is 6.15. The lowest BCUT2D eigenvalue weighted by Gasteiger charge is -2.10. The van der Waals surface area contributed by atoms with Crippen molar-refractivity contribution in [3.8, 4) is 5.75 Å². The average Bonchev–Trinajstić information content (AvgIpc) is 2.37. The Balaban J connectivity index is 2.10. The van der Waals surface area contributed by atoms with Gasteiger partial charge >= 0.3 is 0 Å². The van der Waals surface area contributed by atoms with E-state index >= 15 is 0 Å². The lowest BCUT2D eigenvalue weighted by molar-refractivity contribution is 0.1000. The van der Waals surface area contributed by atoms with Crippen LogP contribution in [0.5, 0.6) is 5.75 Å². The standard InChI is InChI=1S/C16H17NO2/c1-11-4-3-5-15(8-11)19-10-14-7-6-13(16(17)18)9-12(14)2/h3-9H,10H2,1-2H3,(H2,17,18). The van der Waals surface area contributed by atoms with E-state index in [0.717, 1.165) is 16.9 Å². The summed E-state index contributed by atoms with van der Waals surface area (Å²) < 4.78 is 5.74. The highest BCUT2D eigenvalue weighted by Crippen LogP contribution is 2.17. The smallest absolute Gasteiger partial charge is 0.248 e. The van der Waals surface area contributed by atoms with Gasteiger partial charge in [-0.3, -0.25) is 4.79 Å². The van der Waals surface area contributed by atoms with Crippen molar-refractivity contribution in [1.82, 2.24) is 0 Å². The molecule has 1 amide bonds. The van der Waals surface area contributed by atoms with Gasteiger partial charge in [-0.05, 0) is 54.8 Å². The highest BCUT2D eigenvalue weighted by atomic mass is 16.5. The maximum absolute atomic E-state index is 11.1. The number of nitrogens with two attached hydrogens (primary N) is 1. The van der Waals surface area contributed by atoms with E-state index in [1.165, 1.54) is 5.56 Å². The van der Waals surface area contributed by atoms with Crippen LogP contribution in [0.15, 0.2) is 42.5 Å². The summed E-state index contributed by atoms with van der Waals surface area (Å²) in [5.41, 5.74) is 8.99. The molecule has 0 aliphatic heterocycles. The average molecular weight is 255 g/mol. The molecule has 0 aromatic heterocycles. The molecule has 0 spiro atoms. The Kier molecular flexibility index (Phi) is 3.85. The Labute approximate surface area is 113 Å². The molecule has 0 saturated heterocycles.